The number of Topliss-reactive ketones (excluding diaryl/α,β-unsaturated/α-hetero) is 1. The maximum Gasteiger partial charge on any atom is 0.163 e. The topological polar surface area (TPSA) is 30.0 Å². The first-order chi connectivity index (χ1) is 7.77. The molecule has 2 heteroatoms. The van der Waals surface area contributed by atoms with Crippen LogP contribution in [0.4, 0.5) is 0 Å². The van der Waals surface area contributed by atoms with E-state index in [-0.39, 0.29) is 5.78 Å². The molecule has 0 saturated heterocycles. The maximum absolute atomic E-state index is 11.9. The number of carbonyl (C=O) groups excluding carboxylic acids is 1. The van der Waals surface area contributed by atoms with E-state index in [9.17, 15) is 4.79 Å². The third kappa shape index (κ3) is 4.13. The number of rotatable bonds is 7. The molecule has 1 aromatic rings. The summed E-state index contributed by atoms with van der Waals surface area (Å²) >= 11 is 0. The number of unbranched alkanes of at least 4 members (excludes halogenated alkanes) is 1. The van der Waals surface area contributed by atoms with Crippen LogP contribution in [0.25, 0.3) is 0 Å². The number of pyridine rings is 1. The normalized spacial score (nSPS) is 12.4. The number of carbonyl (C=O) groups is 1. The molecule has 88 valence electrons. The van der Waals surface area contributed by atoms with Gasteiger partial charge in [0.2, 0.25) is 0 Å². The first kappa shape index (κ1) is 12.9. The van der Waals surface area contributed by atoms with Crippen LogP contribution in [0, 0.1) is 5.92 Å². The Labute approximate surface area is 98.1 Å². The molecule has 1 unspecified atom stereocenters. The Morgan fingerprint density at radius 3 is 2.56 bits per heavy atom. The largest absolute Gasteiger partial charge is 0.294 e. The van der Waals surface area contributed by atoms with Gasteiger partial charge in [0.05, 0.1) is 0 Å². The molecule has 1 aromatic heterocycles. The van der Waals surface area contributed by atoms with Gasteiger partial charge in [-0.05, 0) is 18.1 Å². The predicted octanol–water partition coefficient (Wildman–Crippen LogP) is 3.87. The van der Waals surface area contributed by atoms with Crippen molar-refractivity contribution in [3.8, 4) is 0 Å². The highest BCUT2D eigenvalue weighted by molar-refractivity contribution is 5.95. The number of ketones is 1. The van der Waals surface area contributed by atoms with Crippen LogP contribution in [0.2, 0.25) is 0 Å². The second kappa shape index (κ2) is 7.15. The van der Waals surface area contributed by atoms with Crippen LogP contribution in [0.3, 0.4) is 0 Å². The fraction of sp³-hybridized carbons (Fsp3) is 0.571. The maximum atomic E-state index is 11.9. The highest BCUT2D eigenvalue weighted by Crippen LogP contribution is 2.19. The zero-order chi connectivity index (χ0) is 11.8. The molecule has 0 aliphatic rings. The zero-order valence-electron chi connectivity index (χ0n) is 10.3. The van der Waals surface area contributed by atoms with Gasteiger partial charge in [-0.1, -0.05) is 39.5 Å². The number of aromatic nitrogens is 1. The van der Waals surface area contributed by atoms with Gasteiger partial charge < -0.3 is 0 Å². The Kier molecular flexibility index (Phi) is 5.76. The smallest absolute Gasteiger partial charge is 0.163 e. The van der Waals surface area contributed by atoms with Gasteiger partial charge in [-0.2, -0.15) is 0 Å². The Morgan fingerprint density at radius 2 is 2.00 bits per heavy atom. The third-order valence-corrected chi connectivity index (χ3v) is 3.02. The van der Waals surface area contributed by atoms with Crippen molar-refractivity contribution in [3.05, 3.63) is 30.1 Å². The van der Waals surface area contributed by atoms with Crippen LogP contribution in [-0.2, 0) is 0 Å². The molecule has 1 heterocycles. The fourth-order valence-corrected chi connectivity index (χ4v) is 1.86. The van der Waals surface area contributed by atoms with Crippen molar-refractivity contribution in [1.82, 2.24) is 4.98 Å². The molecule has 0 aliphatic carbocycles. The summed E-state index contributed by atoms with van der Waals surface area (Å²) in [6.45, 7) is 4.36. The van der Waals surface area contributed by atoms with Crippen LogP contribution in [0.15, 0.2) is 24.5 Å². The molecule has 1 rings (SSSR count). The van der Waals surface area contributed by atoms with Crippen molar-refractivity contribution in [2.45, 2.75) is 46.0 Å². The SMILES string of the molecule is CCCCC(CC)CC(=O)c1ccncc1. The molecule has 0 spiro atoms. The molecule has 2 nitrogen and oxygen atoms in total. The standard InChI is InChI=1S/C14H21NO/c1-3-5-6-12(4-2)11-14(16)13-7-9-15-10-8-13/h7-10,12H,3-6,11H2,1-2H3. The average Bonchev–Trinajstić information content (AvgIpc) is 2.35. The van der Waals surface area contributed by atoms with E-state index in [0.29, 0.717) is 12.3 Å². The Bertz CT molecular complexity index is 308. The molecule has 0 aliphatic heterocycles. The van der Waals surface area contributed by atoms with E-state index < -0.39 is 0 Å². The molecular weight excluding hydrogens is 198 g/mol. The van der Waals surface area contributed by atoms with E-state index in [1.807, 2.05) is 0 Å². The molecule has 0 fully saturated rings. The number of nitrogens with zero attached hydrogens (tertiary/aromatic N) is 1. The minimum atomic E-state index is 0.255. The summed E-state index contributed by atoms with van der Waals surface area (Å²) in [5.74, 6) is 0.797. The Morgan fingerprint density at radius 1 is 1.31 bits per heavy atom. The van der Waals surface area contributed by atoms with E-state index in [1.54, 1.807) is 24.5 Å². The van der Waals surface area contributed by atoms with Crippen molar-refractivity contribution in [1.29, 1.82) is 0 Å². The highest BCUT2D eigenvalue weighted by Gasteiger charge is 2.13. The lowest BCUT2D eigenvalue weighted by Crippen LogP contribution is -2.08. The molecule has 16 heavy (non-hydrogen) atoms. The summed E-state index contributed by atoms with van der Waals surface area (Å²) in [6.07, 6.45) is 8.74. The van der Waals surface area contributed by atoms with E-state index in [2.05, 4.69) is 18.8 Å². The lowest BCUT2D eigenvalue weighted by molar-refractivity contribution is 0.0957. The lowest BCUT2D eigenvalue weighted by atomic mass is 9.92. The quantitative estimate of drug-likeness (QED) is 0.651. The predicted molar refractivity (Wildman–Crippen MR) is 66.5 cm³/mol. The molecule has 0 amide bonds. The van der Waals surface area contributed by atoms with Crippen LogP contribution in [0.1, 0.15) is 56.3 Å². The second-order valence-corrected chi connectivity index (χ2v) is 4.28. The van der Waals surface area contributed by atoms with Crippen molar-refractivity contribution in [3.63, 3.8) is 0 Å². The molecule has 0 aromatic carbocycles. The number of hydrogen-bond donors (Lipinski definition) is 0. The lowest BCUT2D eigenvalue weighted by Gasteiger charge is -2.13. The van der Waals surface area contributed by atoms with Gasteiger partial charge in [0, 0.05) is 24.4 Å². The van der Waals surface area contributed by atoms with Crippen molar-refractivity contribution < 1.29 is 4.79 Å². The van der Waals surface area contributed by atoms with Gasteiger partial charge in [-0.3, -0.25) is 9.78 Å². The van der Waals surface area contributed by atoms with Gasteiger partial charge in [0.1, 0.15) is 0 Å². The van der Waals surface area contributed by atoms with Crippen LogP contribution in [0.5, 0.6) is 0 Å². The summed E-state index contributed by atoms with van der Waals surface area (Å²) < 4.78 is 0. The van der Waals surface area contributed by atoms with Crippen molar-refractivity contribution in [2.75, 3.05) is 0 Å². The molecule has 0 bridgehead atoms. The molecule has 1 atom stereocenters. The van der Waals surface area contributed by atoms with Gasteiger partial charge in [-0.25, -0.2) is 0 Å². The molecule has 0 radical (unpaired) electrons. The molecule has 0 saturated carbocycles. The minimum absolute atomic E-state index is 0.255. The molecule has 0 N–H and O–H groups in total. The molecular formula is C14H21NO. The summed E-state index contributed by atoms with van der Waals surface area (Å²) in [7, 11) is 0. The van der Waals surface area contributed by atoms with Gasteiger partial charge in [0.25, 0.3) is 0 Å². The third-order valence-electron chi connectivity index (χ3n) is 3.02. The summed E-state index contributed by atoms with van der Waals surface area (Å²) in [5, 5.41) is 0. The summed E-state index contributed by atoms with van der Waals surface area (Å²) in [4.78, 5) is 15.9. The zero-order valence-corrected chi connectivity index (χ0v) is 10.3. The fourth-order valence-electron chi connectivity index (χ4n) is 1.86. The van der Waals surface area contributed by atoms with Gasteiger partial charge >= 0.3 is 0 Å². The Hall–Kier alpha value is -1.18. The van der Waals surface area contributed by atoms with Crippen LogP contribution < -0.4 is 0 Å². The monoisotopic (exact) mass is 219 g/mol. The van der Waals surface area contributed by atoms with Crippen LogP contribution >= 0.6 is 0 Å². The van der Waals surface area contributed by atoms with Crippen molar-refractivity contribution in [2.24, 2.45) is 5.92 Å². The first-order valence-electron chi connectivity index (χ1n) is 6.21. The minimum Gasteiger partial charge on any atom is -0.294 e. The van der Waals surface area contributed by atoms with Crippen molar-refractivity contribution >= 4 is 5.78 Å². The summed E-state index contributed by atoms with van der Waals surface area (Å²) in [5.41, 5.74) is 0.796. The summed E-state index contributed by atoms with van der Waals surface area (Å²) in [6, 6.07) is 3.60. The van der Waals surface area contributed by atoms with Gasteiger partial charge in [0.15, 0.2) is 5.78 Å². The van der Waals surface area contributed by atoms with E-state index in [4.69, 9.17) is 0 Å². The average molecular weight is 219 g/mol. The van der Waals surface area contributed by atoms with E-state index in [1.165, 1.54) is 19.3 Å². The van der Waals surface area contributed by atoms with Gasteiger partial charge in [-0.15, -0.1) is 0 Å². The highest BCUT2D eigenvalue weighted by atomic mass is 16.1. The first-order valence-corrected chi connectivity index (χ1v) is 6.21. The second-order valence-electron chi connectivity index (χ2n) is 4.28. The van der Waals surface area contributed by atoms with Crippen LogP contribution in [-0.4, -0.2) is 10.8 Å². The van der Waals surface area contributed by atoms with E-state index >= 15 is 0 Å². The Balaban J connectivity index is 2.49. The van der Waals surface area contributed by atoms with E-state index in [0.717, 1.165) is 12.0 Å². The number of hydrogen-bond acceptors (Lipinski definition) is 2.